The van der Waals surface area contributed by atoms with Crippen molar-refractivity contribution in [2.45, 2.75) is 13.0 Å². The zero-order valence-electron chi connectivity index (χ0n) is 29.2. The van der Waals surface area contributed by atoms with Crippen LogP contribution in [0, 0.1) is 40.9 Å². The molecule has 8 aromatic rings. The molecule has 252 valence electrons. The van der Waals surface area contributed by atoms with Crippen LogP contribution < -0.4 is 5.32 Å². The van der Waals surface area contributed by atoms with Gasteiger partial charge in [0.15, 0.2) is 0 Å². The molecule has 0 aliphatic carbocycles. The largest absolute Gasteiger partial charge is 0.340 e. The molecular formula is C48H30N6. The molecule has 1 atom stereocenters. The summed E-state index contributed by atoms with van der Waals surface area (Å²) >= 11 is 0. The van der Waals surface area contributed by atoms with Gasteiger partial charge in [-0.15, -0.1) is 0 Å². The van der Waals surface area contributed by atoms with Crippen molar-refractivity contribution < 1.29 is 0 Å². The summed E-state index contributed by atoms with van der Waals surface area (Å²) in [4.78, 5) is 5.18. The maximum Gasteiger partial charge on any atom is 0.133 e. The van der Waals surface area contributed by atoms with Crippen LogP contribution in [0.25, 0.3) is 49.7 Å². The molecule has 54 heavy (non-hydrogen) atoms. The number of rotatable bonds is 5. The summed E-state index contributed by atoms with van der Waals surface area (Å²) in [6.07, 6.45) is 0. The average molecular weight is 691 g/mol. The number of benzene rings is 7. The van der Waals surface area contributed by atoms with Crippen LogP contribution in [0.2, 0.25) is 0 Å². The van der Waals surface area contributed by atoms with Gasteiger partial charge in [-0.2, -0.15) is 15.8 Å². The van der Waals surface area contributed by atoms with Crippen LogP contribution >= 0.6 is 0 Å². The van der Waals surface area contributed by atoms with Crippen LogP contribution in [0.5, 0.6) is 0 Å². The molecule has 1 aliphatic rings. The van der Waals surface area contributed by atoms with E-state index >= 15 is 0 Å². The SMILES string of the molecule is Cc1cc(-n2c3ccc(-c4ccccc4)cc3c3cc(-c4ccccc4)ccc32)cc(C#N)c1C1N=C(c2ccccc2)Nc2cc(C#N)cc(C#N)c21. The molecule has 0 fully saturated rings. The fraction of sp³-hybridized carbons (Fsp3) is 0.0417. The molecule has 7 aromatic carbocycles. The Morgan fingerprint density at radius 2 is 1.07 bits per heavy atom. The summed E-state index contributed by atoms with van der Waals surface area (Å²) in [6, 6.07) is 57.4. The van der Waals surface area contributed by atoms with Crippen molar-refractivity contribution in [3.8, 4) is 46.1 Å². The first-order valence-corrected chi connectivity index (χ1v) is 17.7. The van der Waals surface area contributed by atoms with Gasteiger partial charge in [-0.25, -0.2) is 0 Å². The lowest BCUT2D eigenvalue weighted by atomic mass is 9.86. The van der Waals surface area contributed by atoms with Crippen molar-refractivity contribution >= 4 is 33.3 Å². The Bertz CT molecular complexity index is 2840. The fourth-order valence-electron chi connectivity index (χ4n) is 7.80. The van der Waals surface area contributed by atoms with Crippen molar-refractivity contribution in [3.63, 3.8) is 0 Å². The second kappa shape index (κ2) is 13.1. The normalized spacial score (nSPS) is 13.3. The highest BCUT2D eigenvalue weighted by atomic mass is 15.1. The third kappa shape index (κ3) is 5.37. The van der Waals surface area contributed by atoms with E-state index in [2.05, 4.69) is 119 Å². The van der Waals surface area contributed by atoms with Gasteiger partial charge in [0.05, 0.1) is 45.9 Å². The standard InChI is InChI=1S/C48H30N6/c1-30-21-39(24-38(29-51)45(30)47-46-37(28-50)22-31(27-49)23-42(46)52-48(53-47)34-15-9-4-10-16-34)54-43-19-17-35(32-11-5-2-6-12-32)25-40(43)41-26-36(18-20-44(41)54)33-13-7-3-8-14-33/h2-26,47H,1H3,(H,52,53). The second-order valence-electron chi connectivity index (χ2n) is 13.4. The molecule has 0 bridgehead atoms. The molecule has 1 aliphatic heterocycles. The maximum absolute atomic E-state index is 10.9. The highest BCUT2D eigenvalue weighted by molar-refractivity contribution is 6.12. The lowest BCUT2D eigenvalue weighted by Gasteiger charge is -2.28. The van der Waals surface area contributed by atoms with Crippen molar-refractivity contribution in [1.82, 2.24) is 4.57 Å². The van der Waals surface area contributed by atoms with Gasteiger partial charge in [0.2, 0.25) is 0 Å². The molecule has 1 N–H and O–H groups in total. The van der Waals surface area contributed by atoms with Gasteiger partial charge in [0.1, 0.15) is 11.9 Å². The number of nitriles is 3. The number of aliphatic imine (C=N–C) groups is 1. The first-order valence-electron chi connectivity index (χ1n) is 17.7. The summed E-state index contributed by atoms with van der Waals surface area (Å²) in [5.41, 5.74) is 12.3. The predicted molar refractivity (Wildman–Crippen MR) is 215 cm³/mol. The number of aryl methyl sites for hydroxylation is 1. The predicted octanol–water partition coefficient (Wildman–Crippen LogP) is 11.0. The topological polar surface area (TPSA) is 101 Å². The van der Waals surface area contributed by atoms with E-state index in [1.165, 1.54) is 0 Å². The summed E-state index contributed by atoms with van der Waals surface area (Å²) < 4.78 is 2.24. The quantitative estimate of drug-likeness (QED) is 0.194. The van der Waals surface area contributed by atoms with Crippen molar-refractivity contribution in [2.75, 3.05) is 5.32 Å². The Morgan fingerprint density at radius 1 is 0.537 bits per heavy atom. The molecule has 1 aromatic heterocycles. The monoisotopic (exact) mass is 690 g/mol. The average Bonchev–Trinajstić information content (AvgIpc) is 3.56. The number of nitrogens with one attached hydrogen (secondary N) is 1. The summed E-state index contributed by atoms with van der Waals surface area (Å²) in [5.74, 6) is 0.602. The minimum atomic E-state index is -0.664. The number of hydrogen-bond acceptors (Lipinski definition) is 5. The zero-order valence-corrected chi connectivity index (χ0v) is 29.2. The number of aromatic nitrogens is 1. The Hall–Kier alpha value is -7.72. The van der Waals surface area contributed by atoms with E-state index < -0.39 is 6.04 Å². The van der Waals surface area contributed by atoms with Gasteiger partial charge < -0.3 is 9.88 Å². The van der Waals surface area contributed by atoms with Crippen molar-refractivity contribution in [1.29, 1.82) is 15.8 Å². The van der Waals surface area contributed by atoms with E-state index in [1.807, 2.05) is 55.5 Å². The molecular weight excluding hydrogens is 661 g/mol. The molecule has 9 rings (SSSR count). The van der Waals surface area contributed by atoms with Crippen LogP contribution in [0.1, 0.15) is 45.0 Å². The van der Waals surface area contributed by atoms with E-state index in [0.717, 1.165) is 66.4 Å². The lowest BCUT2D eigenvalue weighted by Crippen LogP contribution is -2.24. The van der Waals surface area contributed by atoms with Gasteiger partial charge >= 0.3 is 0 Å². The molecule has 0 saturated carbocycles. The van der Waals surface area contributed by atoms with E-state index in [0.29, 0.717) is 33.8 Å². The van der Waals surface area contributed by atoms with Gasteiger partial charge in [0.25, 0.3) is 0 Å². The zero-order chi connectivity index (χ0) is 36.8. The fourth-order valence-corrected chi connectivity index (χ4v) is 7.80. The highest BCUT2D eigenvalue weighted by Crippen LogP contribution is 2.43. The number of fused-ring (bicyclic) bond motifs is 4. The van der Waals surface area contributed by atoms with Crippen LogP contribution in [0.4, 0.5) is 5.69 Å². The molecule has 6 nitrogen and oxygen atoms in total. The van der Waals surface area contributed by atoms with E-state index in [9.17, 15) is 15.8 Å². The van der Waals surface area contributed by atoms with E-state index in [4.69, 9.17) is 4.99 Å². The van der Waals surface area contributed by atoms with Gasteiger partial charge in [-0.05, 0) is 83.3 Å². The van der Waals surface area contributed by atoms with E-state index in [-0.39, 0.29) is 0 Å². The number of hydrogen-bond donors (Lipinski definition) is 1. The number of amidine groups is 1. The van der Waals surface area contributed by atoms with Crippen molar-refractivity contribution in [3.05, 3.63) is 191 Å². The third-order valence-corrected chi connectivity index (χ3v) is 10.3. The van der Waals surface area contributed by atoms with E-state index in [1.54, 1.807) is 12.1 Å². The van der Waals surface area contributed by atoms with Crippen LogP contribution in [-0.2, 0) is 0 Å². The number of nitrogens with zero attached hydrogens (tertiary/aromatic N) is 5. The maximum atomic E-state index is 10.9. The lowest BCUT2D eigenvalue weighted by molar-refractivity contribution is 0.845. The molecule has 0 radical (unpaired) electrons. The Kier molecular flexibility index (Phi) is 7.82. The van der Waals surface area contributed by atoms with Gasteiger partial charge in [0, 0.05) is 38.8 Å². The highest BCUT2D eigenvalue weighted by Gasteiger charge is 2.31. The smallest absolute Gasteiger partial charge is 0.133 e. The van der Waals surface area contributed by atoms with Gasteiger partial charge in [-0.3, -0.25) is 4.99 Å². The Labute approximate surface area is 312 Å². The summed E-state index contributed by atoms with van der Waals surface area (Å²) in [6.45, 7) is 2.00. The van der Waals surface area contributed by atoms with Crippen LogP contribution in [0.3, 0.4) is 0 Å². The third-order valence-electron chi connectivity index (χ3n) is 10.3. The minimum Gasteiger partial charge on any atom is -0.340 e. The summed E-state index contributed by atoms with van der Waals surface area (Å²) in [5, 5.41) is 36.6. The second-order valence-corrected chi connectivity index (χ2v) is 13.4. The Morgan fingerprint density at radius 3 is 1.61 bits per heavy atom. The first-order chi connectivity index (χ1) is 26.5. The van der Waals surface area contributed by atoms with Crippen molar-refractivity contribution in [2.24, 2.45) is 4.99 Å². The Balaban J connectivity index is 1.27. The molecule has 2 heterocycles. The molecule has 0 spiro atoms. The molecule has 0 saturated heterocycles. The minimum absolute atomic E-state index is 0.343. The first kappa shape index (κ1) is 32.2. The van der Waals surface area contributed by atoms with Crippen LogP contribution in [0.15, 0.2) is 157 Å². The van der Waals surface area contributed by atoms with Gasteiger partial charge in [-0.1, -0.05) is 103 Å². The summed E-state index contributed by atoms with van der Waals surface area (Å²) in [7, 11) is 0. The molecule has 0 amide bonds. The number of anilines is 1. The molecule has 1 unspecified atom stereocenters. The molecule has 6 heteroatoms. The van der Waals surface area contributed by atoms with Crippen LogP contribution in [-0.4, -0.2) is 10.4 Å².